The summed E-state index contributed by atoms with van der Waals surface area (Å²) in [5.74, 6) is -2.55. The number of benzene rings is 2. The van der Waals surface area contributed by atoms with Crippen LogP contribution in [0.15, 0.2) is 38.3 Å². The molecule has 13 nitrogen and oxygen atoms in total. The van der Waals surface area contributed by atoms with E-state index in [9.17, 15) is 19.2 Å². The third-order valence-electron chi connectivity index (χ3n) is 5.51. The Morgan fingerprint density at radius 3 is 1.77 bits per heavy atom. The third-order valence-corrected chi connectivity index (χ3v) is 6.42. The van der Waals surface area contributed by atoms with Crippen molar-refractivity contribution in [2.45, 2.75) is 38.8 Å². The van der Waals surface area contributed by atoms with Crippen LogP contribution in [0.5, 0.6) is 11.5 Å². The van der Waals surface area contributed by atoms with Crippen molar-refractivity contribution in [3.63, 3.8) is 0 Å². The minimum absolute atomic E-state index is 0.00246. The average Bonchev–Trinajstić information content (AvgIpc) is 2.87. The van der Waals surface area contributed by atoms with E-state index in [1.54, 1.807) is 0 Å². The molecule has 0 aliphatic carbocycles. The molecule has 0 spiro atoms. The van der Waals surface area contributed by atoms with E-state index in [4.69, 9.17) is 19.7 Å². The number of rotatable bonds is 10. The number of amides is 3. The molecule has 0 radical (unpaired) electrons. The van der Waals surface area contributed by atoms with Gasteiger partial charge in [0.05, 0.1) is 38.3 Å². The number of hydrogen-bond donors (Lipinski definition) is 3. The maximum atomic E-state index is 13.4. The fourth-order valence-electron chi connectivity index (χ4n) is 3.36. The summed E-state index contributed by atoms with van der Waals surface area (Å²) in [4.78, 5) is 54.2. The second kappa shape index (κ2) is 13.0. The molecule has 0 bridgehead atoms. The van der Waals surface area contributed by atoms with Crippen molar-refractivity contribution in [1.82, 2.24) is 5.32 Å². The lowest BCUT2D eigenvalue weighted by atomic mass is 10.0. The molecule has 0 aliphatic heterocycles. The van der Waals surface area contributed by atoms with E-state index in [0.29, 0.717) is 8.95 Å². The molecule has 0 saturated heterocycles. The van der Waals surface area contributed by atoms with Crippen LogP contribution in [-0.2, 0) is 14.3 Å². The summed E-state index contributed by atoms with van der Waals surface area (Å²) in [6.45, 7) is 5.80. The molecule has 3 amide bonds. The smallest absolute Gasteiger partial charge is 0.341 e. The Bertz CT molecular complexity index is 1400. The van der Waals surface area contributed by atoms with E-state index in [1.807, 2.05) is 0 Å². The Morgan fingerprint density at radius 1 is 0.825 bits per heavy atom. The lowest BCUT2D eigenvalue weighted by Gasteiger charge is -2.27. The van der Waals surface area contributed by atoms with Crippen molar-refractivity contribution < 1.29 is 33.4 Å². The summed E-state index contributed by atoms with van der Waals surface area (Å²) in [5, 5.41) is 11.4. The van der Waals surface area contributed by atoms with E-state index in [0.717, 1.165) is 0 Å². The van der Waals surface area contributed by atoms with Gasteiger partial charge in [0.2, 0.25) is 11.8 Å². The molecular weight excluding hydrogens is 656 g/mol. The van der Waals surface area contributed by atoms with Crippen molar-refractivity contribution in [3.05, 3.63) is 54.8 Å². The number of halogens is 2. The standard InChI is InChI=1S/C25H28Br2N6O7/c1-24(2,22(36)29-17-11-13(27)9-15(19(17)39-6)21(35)40-7)31-20(34)14-8-12(26)10-16(18(14)38-5)30-23(37)25(3,4)32-33-28/h8-11H,1-7H3,(H,29,36)(H,30,37)(H,31,34). The summed E-state index contributed by atoms with van der Waals surface area (Å²) in [6, 6.07) is 5.98. The fourth-order valence-corrected chi connectivity index (χ4v) is 4.28. The quantitative estimate of drug-likeness (QED) is 0.133. The molecule has 2 aromatic rings. The van der Waals surface area contributed by atoms with Gasteiger partial charge >= 0.3 is 5.97 Å². The topological polar surface area (TPSA) is 181 Å². The van der Waals surface area contributed by atoms with Crippen molar-refractivity contribution in [2.24, 2.45) is 5.11 Å². The molecule has 0 fully saturated rings. The number of azide groups is 1. The highest BCUT2D eigenvalue weighted by atomic mass is 79.9. The molecule has 214 valence electrons. The van der Waals surface area contributed by atoms with Gasteiger partial charge in [-0.25, -0.2) is 4.79 Å². The maximum Gasteiger partial charge on any atom is 0.341 e. The van der Waals surface area contributed by atoms with Crippen molar-refractivity contribution in [2.75, 3.05) is 32.0 Å². The first kappa shape index (κ1) is 32.4. The predicted octanol–water partition coefficient (Wildman–Crippen LogP) is 5.19. The zero-order valence-corrected chi connectivity index (χ0v) is 25.9. The molecule has 0 heterocycles. The number of esters is 1. The first-order valence-corrected chi connectivity index (χ1v) is 13.1. The molecule has 2 rings (SSSR count). The second-order valence-corrected chi connectivity index (χ2v) is 11.1. The molecular formula is C25H28Br2N6O7. The average molecular weight is 684 g/mol. The summed E-state index contributed by atoms with van der Waals surface area (Å²) in [6.07, 6.45) is 0. The highest BCUT2D eigenvalue weighted by Crippen LogP contribution is 2.35. The van der Waals surface area contributed by atoms with Crippen molar-refractivity contribution in [1.29, 1.82) is 0 Å². The van der Waals surface area contributed by atoms with Crippen LogP contribution in [0.4, 0.5) is 11.4 Å². The number of methoxy groups -OCH3 is 3. The number of carbonyl (C=O) groups is 4. The number of nitrogens with zero attached hydrogens (tertiary/aromatic N) is 3. The summed E-state index contributed by atoms with van der Waals surface area (Å²) in [5.41, 5.74) is 6.21. The number of nitrogens with one attached hydrogen (secondary N) is 3. The minimum atomic E-state index is -1.49. The number of carbonyl (C=O) groups excluding carboxylic acids is 4. The molecule has 0 saturated carbocycles. The van der Waals surface area contributed by atoms with Crippen LogP contribution in [0.2, 0.25) is 0 Å². The third kappa shape index (κ3) is 7.43. The van der Waals surface area contributed by atoms with Gasteiger partial charge in [-0.3, -0.25) is 14.4 Å². The summed E-state index contributed by atoms with van der Waals surface area (Å²) >= 11 is 6.61. The Kier molecular flexibility index (Phi) is 10.6. The van der Waals surface area contributed by atoms with E-state index in [-0.39, 0.29) is 34.0 Å². The van der Waals surface area contributed by atoms with E-state index in [1.165, 1.54) is 73.3 Å². The number of ether oxygens (including phenoxy) is 3. The fraction of sp³-hybridized carbons (Fsp3) is 0.360. The first-order valence-electron chi connectivity index (χ1n) is 11.5. The van der Waals surface area contributed by atoms with E-state index >= 15 is 0 Å². The van der Waals surface area contributed by atoms with Crippen LogP contribution in [0.25, 0.3) is 10.4 Å². The zero-order chi connectivity index (χ0) is 30.4. The van der Waals surface area contributed by atoms with E-state index < -0.39 is 34.8 Å². The highest BCUT2D eigenvalue weighted by Gasteiger charge is 2.33. The predicted molar refractivity (Wildman–Crippen MR) is 155 cm³/mol. The van der Waals surface area contributed by atoms with Crippen molar-refractivity contribution >= 4 is 66.9 Å². The highest BCUT2D eigenvalue weighted by molar-refractivity contribution is 9.10. The Morgan fingerprint density at radius 2 is 1.30 bits per heavy atom. The lowest BCUT2D eigenvalue weighted by Crippen LogP contribution is -2.52. The second-order valence-electron chi connectivity index (χ2n) is 9.30. The number of anilines is 2. The minimum Gasteiger partial charge on any atom is -0.494 e. The molecule has 2 aromatic carbocycles. The largest absolute Gasteiger partial charge is 0.494 e. The zero-order valence-electron chi connectivity index (χ0n) is 22.8. The normalized spacial score (nSPS) is 11.0. The van der Waals surface area contributed by atoms with Crippen LogP contribution in [0, 0.1) is 0 Å². The van der Waals surface area contributed by atoms with Gasteiger partial charge in [0.25, 0.3) is 5.91 Å². The summed E-state index contributed by atoms with van der Waals surface area (Å²) < 4.78 is 16.4. The first-order chi connectivity index (χ1) is 18.6. The molecule has 15 heteroatoms. The van der Waals surface area contributed by atoms with Gasteiger partial charge in [-0.1, -0.05) is 37.0 Å². The Labute approximate surface area is 247 Å². The van der Waals surface area contributed by atoms with Gasteiger partial charge in [0, 0.05) is 13.9 Å². The van der Waals surface area contributed by atoms with Gasteiger partial charge < -0.3 is 30.2 Å². The van der Waals surface area contributed by atoms with Gasteiger partial charge in [0.15, 0.2) is 11.5 Å². The van der Waals surface area contributed by atoms with Crippen LogP contribution >= 0.6 is 31.9 Å². The lowest BCUT2D eigenvalue weighted by molar-refractivity contribution is -0.121. The maximum absolute atomic E-state index is 13.4. The van der Waals surface area contributed by atoms with E-state index in [2.05, 4.69) is 57.8 Å². The Balaban J connectivity index is 2.39. The van der Waals surface area contributed by atoms with Gasteiger partial charge in [0.1, 0.15) is 16.6 Å². The monoisotopic (exact) mass is 682 g/mol. The van der Waals surface area contributed by atoms with Crippen LogP contribution in [0.3, 0.4) is 0 Å². The molecule has 0 aliphatic rings. The summed E-state index contributed by atoms with van der Waals surface area (Å²) in [7, 11) is 3.86. The molecule has 0 unspecified atom stereocenters. The van der Waals surface area contributed by atoms with Crippen LogP contribution < -0.4 is 25.4 Å². The molecule has 0 atom stereocenters. The van der Waals surface area contributed by atoms with Crippen LogP contribution in [0.1, 0.15) is 48.4 Å². The SMILES string of the molecule is COC(=O)c1cc(Br)cc(NC(=O)C(C)(C)NC(=O)c2cc(Br)cc(NC(=O)C(C)(C)N=[N+]=[N-])c2OC)c1OC. The molecule has 3 N–H and O–H groups in total. The van der Waals surface area contributed by atoms with Gasteiger partial charge in [-0.2, -0.15) is 0 Å². The van der Waals surface area contributed by atoms with Crippen molar-refractivity contribution in [3.8, 4) is 11.5 Å². The van der Waals surface area contributed by atoms with Gasteiger partial charge in [-0.05, 0) is 57.5 Å². The Hall–Kier alpha value is -3.81. The molecule has 40 heavy (non-hydrogen) atoms. The van der Waals surface area contributed by atoms with Gasteiger partial charge in [-0.15, -0.1) is 0 Å². The number of hydrogen-bond acceptors (Lipinski definition) is 8. The van der Waals surface area contributed by atoms with Crippen LogP contribution in [-0.4, -0.2) is 56.1 Å². The molecule has 0 aromatic heterocycles.